The third-order valence-electron chi connectivity index (χ3n) is 6.01. The molecule has 0 radical (unpaired) electrons. The highest BCUT2D eigenvalue weighted by Crippen LogP contribution is 2.49. The molecule has 0 aromatic carbocycles. The van der Waals surface area contributed by atoms with E-state index in [0.29, 0.717) is 11.7 Å². The molecule has 2 bridgehead atoms. The molecule has 3 aliphatic carbocycles. The van der Waals surface area contributed by atoms with Crippen molar-refractivity contribution >= 4 is 5.78 Å². The fourth-order valence-corrected chi connectivity index (χ4v) is 4.85. The molecule has 2 heteroatoms. The van der Waals surface area contributed by atoms with Gasteiger partial charge in [-0.1, -0.05) is 25.7 Å². The Morgan fingerprint density at radius 2 is 1.94 bits per heavy atom. The second kappa shape index (κ2) is 4.96. The summed E-state index contributed by atoms with van der Waals surface area (Å²) >= 11 is 0. The van der Waals surface area contributed by atoms with Gasteiger partial charge in [-0.3, -0.25) is 4.79 Å². The van der Waals surface area contributed by atoms with E-state index in [9.17, 15) is 4.79 Å². The lowest BCUT2D eigenvalue weighted by Crippen LogP contribution is -2.47. The van der Waals surface area contributed by atoms with Crippen molar-refractivity contribution in [3.05, 3.63) is 0 Å². The first-order chi connectivity index (χ1) is 8.72. The van der Waals surface area contributed by atoms with E-state index >= 15 is 0 Å². The maximum atomic E-state index is 12.6. The van der Waals surface area contributed by atoms with Gasteiger partial charge in [-0.15, -0.1) is 0 Å². The Hall–Kier alpha value is -0.370. The first-order valence-electron chi connectivity index (χ1n) is 7.94. The lowest BCUT2D eigenvalue weighted by atomic mass is 9.74. The molecule has 0 saturated heterocycles. The van der Waals surface area contributed by atoms with Crippen LogP contribution in [0.5, 0.6) is 0 Å². The second-order valence-electron chi connectivity index (χ2n) is 7.02. The minimum atomic E-state index is 0.150. The molecule has 3 aliphatic rings. The molecular formula is C16H27NO. The van der Waals surface area contributed by atoms with Crippen LogP contribution in [0.2, 0.25) is 0 Å². The normalized spacial score (nSPS) is 37.9. The van der Waals surface area contributed by atoms with Crippen LogP contribution in [0.3, 0.4) is 0 Å². The predicted molar refractivity (Wildman–Crippen MR) is 73.4 cm³/mol. The number of hydrogen-bond donors (Lipinski definition) is 1. The van der Waals surface area contributed by atoms with Crippen LogP contribution >= 0.6 is 0 Å². The zero-order valence-corrected chi connectivity index (χ0v) is 11.7. The van der Waals surface area contributed by atoms with E-state index < -0.39 is 0 Å². The summed E-state index contributed by atoms with van der Waals surface area (Å²) in [5, 5.41) is 3.50. The minimum absolute atomic E-state index is 0.150. The van der Waals surface area contributed by atoms with Crippen LogP contribution < -0.4 is 5.32 Å². The van der Waals surface area contributed by atoms with Crippen LogP contribution in [-0.2, 0) is 4.79 Å². The molecule has 1 N–H and O–H groups in total. The third kappa shape index (κ3) is 2.24. The minimum Gasteiger partial charge on any atom is -0.314 e. The molecule has 2 nitrogen and oxygen atoms in total. The number of rotatable bonds is 4. The molecular weight excluding hydrogens is 222 g/mol. The van der Waals surface area contributed by atoms with E-state index in [0.717, 1.165) is 18.3 Å². The van der Waals surface area contributed by atoms with E-state index in [4.69, 9.17) is 0 Å². The Balaban J connectivity index is 1.62. The fraction of sp³-hybridized carbons (Fsp3) is 0.938. The summed E-state index contributed by atoms with van der Waals surface area (Å²) in [7, 11) is 2.05. The molecule has 0 amide bonds. The Kier molecular flexibility index (Phi) is 3.48. The van der Waals surface area contributed by atoms with Crippen LogP contribution in [0.1, 0.15) is 64.2 Å². The van der Waals surface area contributed by atoms with Gasteiger partial charge in [0.05, 0.1) is 0 Å². The molecule has 0 aromatic heterocycles. The SMILES string of the molecule is CNC1(CC(=O)C2CC3CCC2C3)CCCCC1. The molecule has 3 saturated carbocycles. The highest BCUT2D eigenvalue weighted by Gasteiger charge is 2.44. The van der Waals surface area contributed by atoms with Crippen molar-refractivity contribution in [1.82, 2.24) is 5.32 Å². The highest BCUT2D eigenvalue weighted by molar-refractivity contribution is 5.83. The maximum Gasteiger partial charge on any atom is 0.138 e. The van der Waals surface area contributed by atoms with Gasteiger partial charge in [0.2, 0.25) is 0 Å². The average molecular weight is 249 g/mol. The van der Waals surface area contributed by atoms with Gasteiger partial charge >= 0.3 is 0 Å². The number of fused-ring (bicyclic) bond motifs is 2. The monoisotopic (exact) mass is 249 g/mol. The van der Waals surface area contributed by atoms with Crippen LogP contribution in [0.25, 0.3) is 0 Å². The first kappa shape index (κ1) is 12.7. The first-order valence-corrected chi connectivity index (χ1v) is 7.94. The summed E-state index contributed by atoms with van der Waals surface area (Å²) in [5.41, 5.74) is 0.150. The van der Waals surface area contributed by atoms with Crippen molar-refractivity contribution < 1.29 is 4.79 Å². The smallest absolute Gasteiger partial charge is 0.138 e. The van der Waals surface area contributed by atoms with Gasteiger partial charge in [-0.05, 0) is 51.0 Å². The fourth-order valence-electron chi connectivity index (χ4n) is 4.85. The number of carbonyl (C=O) groups is 1. The van der Waals surface area contributed by atoms with Crippen LogP contribution in [0.15, 0.2) is 0 Å². The van der Waals surface area contributed by atoms with E-state index in [1.54, 1.807) is 0 Å². The maximum absolute atomic E-state index is 12.6. The van der Waals surface area contributed by atoms with E-state index in [2.05, 4.69) is 12.4 Å². The summed E-state index contributed by atoms with van der Waals surface area (Å²) < 4.78 is 0. The van der Waals surface area contributed by atoms with Crippen molar-refractivity contribution in [1.29, 1.82) is 0 Å². The largest absolute Gasteiger partial charge is 0.314 e. The quantitative estimate of drug-likeness (QED) is 0.828. The van der Waals surface area contributed by atoms with Gasteiger partial charge in [0.15, 0.2) is 0 Å². The summed E-state index contributed by atoms with van der Waals surface area (Å²) in [6, 6.07) is 0. The summed E-state index contributed by atoms with van der Waals surface area (Å²) in [6.45, 7) is 0. The van der Waals surface area contributed by atoms with Gasteiger partial charge in [-0.2, -0.15) is 0 Å². The molecule has 3 fully saturated rings. The summed E-state index contributed by atoms with van der Waals surface area (Å²) in [6.07, 6.45) is 12.4. The van der Waals surface area contributed by atoms with Crippen LogP contribution in [-0.4, -0.2) is 18.4 Å². The topological polar surface area (TPSA) is 29.1 Å². The van der Waals surface area contributed by atoms with Crippen molar-refractivity contribution in [3.63, 3.8) is 0 Å². The van der Waals surface area contributed by atoms with Gasteiger partial charge in [0.25, 0.3) is 0 Å². The number of ketones is 1. The van der Waals surface area contributed by atoms with E-state index in [1.165, 1.54) is 57.8 Å². The standard InChI is InChI=1S/C16H27NO/c1-17-16(7-3-2-4-8-16)11-15(18)14-10-12-5-6-13(14)9-12/h12-14,17H,2-11H2,1H3. The van der Waals surface area contributed by atoms with Crippen molar-refractivity contribution in [2.24, 2.45) is 17.8 Å². The molecule has 0 aromatic rings. The van der Waals surface area contributed by atoms with Gasteiger partial charge < -0.3 is 5.32 Å². The number of nitrogens with one attached hydrogen (secondary N) is 1. The Morgan fingerprint density at radius 3 is 2.50 bits per heavy atom. The van der Waals surface area contributed by atoms with E-state index in [1.807, 2.05) is 0 Å². The molecule has 0 aliphatic heterocycles. The lowest BCUT2D eigenvalue weighted by Gasteiger charge is -2.38. The molecule has 3 unspecified atom stereocenters. The summed E-state index contributed by atoms with van der Waals surface area (Å²) in [4.78, 5) is 12.6. The van der Waals surface area contributed by atoms with E-state index in [-0.39, 0.29) is 5.54 Å². The molecule has 3 atom stereocenters. The van der Waals surface area contributed by atoms with Crippen molar-refractivity contribution in [3.8, 4) is 0 Å². The molecule has 102 valence electrons. The molecule has 3 rings (SSSR count). The van der Waals surface area contributed by atoms with Crippen LogP contribution in [0.4, 0.5) is 0 Å². The average Bonchev–Trinajstić information content (AvgIpc) is 3.02. The molecule has 0 heterocycles. The number of hydrogen-bond acceptors (Lipinski definition) is 2. The number of Topliss-reactive ketones (excluding diaryl/α,β-unsaturated/α-hetero) is 1. The van der Waals surface area contributed by atoms with Crippen LogP contribution in [0, 0.1) is 17.8 Å². The summed E-state index contributed by atoms with van der Waals surface area (Å²) in [5.74, 6) is 2.65. The Labute approximate surface area is 111 Å². The zero-order valence-electron chi connectivity index (χ0n) is 11.7. The van der Waals surface area contributed by atoms with Crippen molar-refractivity contribution in [2.75, 3.05) is 7.05 Å². The van der Waals surface area contributed by atoms with Gasteiger partial charge in [0.1, 0.15) is 5.78 Å². The highest BCUT2D eigenvalue weighted by atomic mass is 16.1. The van der Waals surface area contributed by atoms with Crippen molar-refractivity contribution in [2.45, 2.75) is 69.7 Å². The van der Waals surface area contributed by atoms with Gasteiger partial charge in [0, 0.05) is 17.9 Å². The Morgan fingerprint density at radius 1 is 1.17 bits per heavy atom. The molecule has 18 heavy (non-hydrogen) atoms. The zero-order chi connectivity index (χ0) is 12.6. The lowest BCUT2D eigenvalue weighted by molar-refractivity contribution is -0.126. The third-order valence-corrected chi connectivity index (χ3v) is 6.01. The number of carbonyl (C=O) groups excluding carboxylic acids is 1. The second-order valence-corrected chi connectivity index (χ2v) is 7.02. The molecule has 0 spiro atoms. The Bertz CT molecular complexity index is 319. The predicted octanol–water partition coefficient (Wildman–Crippen LogP) is 3.30. The van der Waals surface area contributed by atoms with Gasteiger partial charge in [-0.25, -0.2) is 0 Å².